The van der Waals surface area contributed by atoms with Gasteiger partial charge >= 0.3 is 0 Å². The highest BCUT2D eigenvalue weighted by atomic mass is 16.5. The zero-order valence-corrected chi connectivity index (χ0v) is 15.3. The maximum absolute atomic E-state index is 12.5. The Balaban J connectivity index is 1.45. The summed E-state index contributed by atoms with van der Waals surface area (Å²) in [6.07, 6.45) is 2.50. The molecular formula is C18H25N5O3. The molecule has 8 heteroatoms. The van der Waals surface area contributed by atoms with Crippen molar-refractivity contribution in [2.75, 3.05) is 26.8 Å². The van der Waals surface area contributed by atoms with Crippen molar-refractivity contribution in [1.82, 2.24) is 25.1 Å². The van der Waals surface area contributed by atoms with Crippen LogP contribution in [0.15, 0.2) is 24.3 Å². The van der Waals surface area contributed by atoms with Crippen molar-refractivity contribution in [3.63, 3.8) is 0 Å². The number of ether oxygens (including phenoxy) is 2. The van der Waals surface area contributed by atoms with E-state index >= 15 is 0 Å². The van der Waals surface area contributed by atoms with Crippen LogP contribution in [0, 0.1) is 12.8 Å². The Morgan fingerprint density at radius 3 is 2.73 bits per heavy atom. The number of nitrogens with zero attached hydrogens (tertiary/aromatic N) is 5. The van der Waals surface area contributed by atoms with Gasteiger partial charge in [0, 0.05) is 25.4 Å². The Labute approximate surface area is 153 Å². The SMILES string of the molecule is COc1ccc(OC[C@H]2CCCN(C(=O)CCn3nnnc3C)C2)cc1. The molecule has 3 rings (SSSR count). The number of piperidine rings is 1. The fourth-order valence-corrected chi connectivity index (χ4v) is 3.13. The van der Waals surface area contributed by atoms with Crippen LogP contribution in [-0.4, -0.2) is 57.8 Å². The van der Waals surface area contributed by atoms with Gasteiger partial charge in [-0.15, -0.1) is 5.10 Å². The zero-order chi connectivity index (χ0) is 18.4. The second-order valence-corrected chi connectivity index (χ2v) is 6.53. The van der Waals surface area contributed by atoms with Crippen molar-refractivity contribution < 1.29 is 14.3 Å². The average molecular weight is 359 g/mol. The zero-order valence-electron chi connectivity index (χ0n) is 15.3. The number of likely N-dealkylation sites (tertiary alicyclic amines) is 1. The van der Waals surface area contributed by atoms with Crippen molar-refractivity contribution in [1.29, 1.82) is 0 Å². The first-order chi connectivity index (χ1) is 12.7. The molecular weight excluding hydrogens is 334 g/mol. The number of rotatable bonds is 7. The van der Waals surface area contributed by atoms with Gasteiger partial charge < -0.3 is 14.4 Å². The number of carbonyl (C=O) groups is 1. The van der Waals surface area contributed by atoms with Gasteiger partial charge in [0.15, 0.2) is 0 Å². The number of benzene rings is 1. The second kappa shape index (κ2) is 8.64. The first kappa shape index (κ1) is 18.2. The molecule has 0 unspecified atom stereocenters. The van der Waals surface area contributed by atoms with E-state index in [4.69, 9.17) is 9.47 Å². The Morgan fingerprint density at radius 2 is 2.04 bits per heavy atom. The van der Waals surface area contributed by atoms with Crippen LogP contribution in [0.25, 0.3) is 0 Å². The van der Waals surface area contributed by atoms with Crippen LogP contribution in [-0.2, 0) is 11.3 Å². The van der Waals surface area contributed by atoms with Crippen LogP contribution in [0.4, 0.5) is 0 Å². The Morgan fingerprint density at radius 1 is 1.27 bits per heavy atom. The molecule has 0 aliphatic carbocycles. The lowest BCUT2D eigenvalue weighted by atomic mass is 9.98. The second-order valence-electron chi connectivity index (χ2n) is 6.53. The molecule has 1 aliphatic heterocycles. The molecule has 1 atom stereocenters. The molecule has 0 radical (unpaired) electrons. The third kappa shape index (κ3) is 4.71. The van der Waals surface area contributed by atoms with E-state index in [9.17, 15) is 4.79 Å². The van der Waals surface area contributed by atoms with Crippen molar-refractivity contribution >= 4 is 5.91 Å². The van der Waals surface area contributed by atoms with Gasteiger partial charge in [-0.3, -0.25) is 4.79 Å². The predicted octanol–water partition coefficient (Wildman–Crippen LogP) is 1.70. The number of tetrazole rings is 1. The number of amides is 1. The lowest BCUT2D eigenvalue weighted by molar-refractivity contribution is -0.133. The van der Waals surface area contributed by atoms with Gasteiger partial charge in [0.1, 0.15) is 17.3 Å². The van der Waals surface area contributed by atoms with Crippen LogP contribution in [0.2, 0.25) is 0 Å². The molecule has 0 saturated carbocycles. The highest BCUT2D eigenvalue weighted by Gasteiger charge is 2.24. The topological polar surface area (TPSA) is 82.4 Å². The summed E-state index contributed by atoms with van der Waals surface area (Å²) in [6, 6.07) is 7.57. The summed E-state index contributed by atoms with van der Waals surface area (Å²) in [7, 11) is 1.64. The van der Waals surface area contributed by atoms with Crippen molar-refractivity contribution in [2.45, 2.75) is 32.7 Å². The standard InChI is InChI=1S/C18H25N5O3/c1-14-19-20-21-23(14)11-9-18(24)22-10-3-4-15(12-22)13-26-17-7-5-16(25-2)6-8-17/h5-8,15H,3-4,9-13H2,1-2H3/t15-/m0/s1. The van der Waals surface area contributed by atoms with Crippen LogP contribution >= 0.6 is 0 Å². The summed E-state index contributed by atoms with van der Waals surface area (Å²) in [5.74, 6) is 2.86. The van der Waals surface area contributed by atoms with Gasteiger partial charge in [0.05, 0.1) is 20.3 Å². The number of methoxy groups -OCH3 is 1. The van der Waals surface area contributed by atoms with Crippen LogP contribution < -0.4 is 9.47 Å². The number of hydrogen-bond acceptors (Lipinski definition) is 6. The van der Waals surface area contributed by atoms with Gasteiger partial charge in [0.2, 0.25) is 5.91 Å². The van der Waals surface area contributed by atoms with E-state index in [-0.39, 0.29) is 5.91 Å². The molecule has 1 fully saturated rings. The number of carbonyl (C=O) groups excluding carboxylic acids is 1. The minimum atomic E-state index is 0.147. The Hall–Kier alpha value is -2.64. The molecule has 2 aromatic rings. The molecule has 1 aromatic carbocycles. The molecule has 0 spiro atoms. The van der Waals surface area contributed by atoms with Crippen molar-refractivity contribution in [3.05, 3.63) is 30.1 Å². The quantitative estimate of drug-likeness (QED) is 0.748. The van der Waals surface area contributed by atoms with E-state index < -0.39 is 0 Å². The van der Waals surface area contributed by atoms with Gasteiger partial charge in [0.25, 0.3) is 0 Å². The number of hydrogen-bond donors (Lipinski definition) is 0. The minimum Gasteiger partial charge on any atom is -0.497 e. The molecule has 1 aliphatic rings. The predicted molar refractivity (Wildman–Crippen MR) is 95.0 cm³/mol. The molecule has 1 saturated heterocycles. The lowest BCUT2D eigenvalue weighted by Gasteiger charge is -2.32. The molecule has 140 valence electrons. The highest BCUT2D eigenvalue weighted by Crippen LogP contribution is 2.21. The monoisotopic (exact) mass is 359 g/mol. The van der Waals surface area contributed by atoms with Gasteiger partial charge in [-0.05, 0) is 54.5 Å². The van der Waals surface area contributed by atoms with E-state index in [0.717, 1.165) is 43.3 Å². The molecule has 0 bridgehead atoms. The van der Waals surface area contributed by atoms with Crippen molar-refractivity contribution in [3.8, 4) is 11.5 Å². The van der Waals surface area contributed by atoms with Crippen molar-refractivity contribution in [2.24, 2.45) is 5.92 Å². The average Bonchev–Trinajstić information content (AvgIpc) is 3.10. The molecule has 2 heterocycles. The van der Waals surface area contributed by atoms with E-state index in [1.165, 1.54) is 0 Å². The maximum atomic E-state index is 12.5. The largest absolute Gasteiger partial charge is 0.497 e. The Kier molecular flexibility index (Phi) is 6.04. The normalized spacial score (nSPS) is 17.2. The minimum absolute atomic E-state index is 0.147. The fourth-order valence-electron chi connectivity index (χ4n) is 3.13. The van der Waals surface area contributed by atoms with E-state index in [2.05, 4.69) is 15.5 Å². The first-order valence-corrected chi connectivity index (χ1v) is 8.93. The molecule has 0 N–H and O–H groups in total. The summed E-state index contributed by atoms with van der Waals surface area (Å²) in [5.41, 5.74) is 0. The van der Waals surface area contributed by atoms with Gasteiger partial charge in [-0.25, -0.2) is 4.68 Å². The number of aryl methyl sites for hydroxylation is 2. The summed E-state index contributed by atoms with van der Waals surface area (Å²) in [6.45, 7) is 4.51. The molecule has 8 nitrogen and oxygen atoms in total. The van der Waals surface area contributed by atoms with Crippen LogP contribution in [0.3, 0.4) is 0 Å². The molecule has 1 amide bonds. The summed E-state index contributed by atoms with van der Waals surface area (Å²) >= 11 is 0. The van der Waals surface area contributed by atoms with Crippen LogP contribution in [0.5, 0.6) is 11.5 Å². The van der Waals surface area contributed by atoms with E-state index in [1.807, 2.05) is 36.1 Å². The lowest BCUT2D eigenvalue weighted by Crippen LogP contribution is -2.41. The molecule has 1 aromatic heterocycles. The van der Waals surface area contributed by atoms with Crippen LogP contribution in [0.1, 0.15) is 25.1 Å². The summed E-state index contributed by atoms with van der Waals surface area (Å²) in [4.78, 5) is 14.4. The maximum Gasteiger partial charge on any atom is 0.224 e. The summed E-state index contributed by atoms with van der Waals surface area (Å²) < 4.78 is 12.7. The van der Waals surface area contributed by atoms with Gasteiger partial charge in [-0.1, -0.05) is 0 Å². The first-order valence-electron chi connectivity index (χ1n) is 8.93. The molecule has 26 heavy (non-hydrogen) atoms. The summed E-state index contributed by atoms with van der Waals surface area (Å²) in [5, 5.41) is 11.3. The van der Waals surface area contributed by atoms with Gasteiger partial charge in [-0.2, -0.15) is 0 Å². The third-order valence-corrected chi connectivity index (χ3v) is 4.67. The third-order valence-electron chi connectivity index (χ3n) is 4.67. The Bertz CT molecular complexity index is 716. The number of aromatic nitrogens is 4. The smallest absolute Gasteiger partial charge is 0.224 e. The van der Waals surface area contributed by atoms with E-state index in [0.29, 0.717) is 25.5 Å². The fraction of sp³-hybridized carbons (Fsp3) is 0.556. The van der Waals surface area contributed by atoms with E-state index in [1.54, 1.807) is 11.8 Å². The highest BCUT2D eigenvalue weighted by molar-refractivity contribution is 5.76.